The van der Waals surface area contributed by atoms with E-state index in [4.69, 9.17) is 17.3 Å². The predicted octanol–water partition coefficient (Wildman–Crippen LogP) is 5.35. The summed E-state index contributed by atoms with van der Waals surface area (Å²) in [6.45, 7) is 4.45. The van der Waals surface area contributed by atoms with Crippen LogP contribution in [0, 0.1) is 5.92 Å². The molecule has 2 aromatic rings. The monoisotopic (exact) mass is 351 g/mol. The lowest BCUT2D eigenvalue weighted by molar-refractivity contribution is 0.647. The van der Waals surface area contributed by atoms with Crippen LogP contribution in [0.1, 0.15) is 36.6 Å². The normalized spacial score (nSPS) is 12.7. The number of benzene rings is 2. The Labute approximate surface area is 134 Å². The Morgan fingerprint density at radius 1 is 1.05 bits per heavy atom. The van der Waals surface area contributed by atoms with E-state index in [9.17, 15) is 0 Å². The third-order valence-corrected chi connectivity index (χ3v) is 4.50. The highest BCUT2D eigenvalue weighted by Crippen LogP contribution is 2.28. The third kappa shape index (κ3) is 3.85. The van der Waals surface area contributed by atoms with Gasteiger partial charge in [0.15, 0.2) is 0 Å². The summed E-state index contributed by atoms with van der Waals surface area (Å²) in [6, 6.07) is 14.3. The highest BCUT2D eigenvalue weighted by molar-refractivity contribution is 9.10. The molecule has 0 spiro atoms. The molecule has 0 fully saturated rings. The zero-order valence-electron chi connectivity index (χ0n) is 11.7. The van der Waals surface area contributed by atoms with Crippen LogP contribution < -0.4 is 5.73 Å². The maximum Gasteiger partial charge on any atom is 0.0552 e. The molecule has 1 unspecified atom stereocenters. The van der Waals surface area contributed by atoms with Gasteiger partial charge in [0, 0.05) is 4.47 Å². The summed E-state index contributed by atoms with van der Waals surface area (Å²) in [6.07, 6.45) is 1.10. The van der Waals surface area contributed by atoms with Gasteiger partial charge in [0.2, 0.25) is 0 Å². The fourth-order valence-corrected chi connectivity index (χ4v) is 2.74. The molecule has 2 rings (SSSR count). The zero-order valence-corrected chi connectivity index (χ0v) is 14.1. The Hall–Kier alpha value is -0.830. The Bertz CT molecular complexity index is 578. The zero-order chi connectivity index (χ0) is 14.7. The minimum absolute atomic E-state index is 0.128. The van der Waals surface area contributed by atoms with Crippen LogP contribution in [0.2, 0.25) is 5.02 Å². The van der Waals surface area contributed by atoms with E-state index in [1.807, 2.05) is 18.2 Å². The lowest BCUT2D eigenvalue weighted by atomic mass is 9.96. The van der Waals surface area contributed by atoms with Crippen molar-refractivity contribution in [3.63, 3.8) is 0 Å². The number of hydrogen-bond acceptors (Lipinski definition) is 1. The molecule has 0 saturated heterocycles. The lowest BCUT2D eigenvalue weighted by Crippen LogP contribution is -2.11. The van der Waals surface area contributed by atoms with E-state index >= 15 is 0 Å². The molecule has 0 saturated carbocycles. The topological polar surface area (TPSA) is 26.0 Å². The summed E-state index contributed by atoms with van der Waals surface area (Å²) in [5.41, 5.74) is 9.85. The summed E-state index contributed by atoms with van der Waals surface area (Å²) >= 11 is 9.45. The average Bonchev–Trinajstić information content (AvgIpc) is 2.41. The Morgan fingerprint density at radius 2 is 1.65 bits per heavy atom. The number of nitrogens with two attached hydrogens (primary N) is 1. The van der Waals surface area contributed by atoms with Crippen LogP contribution in [-0.4, -0.2) is 0 Å². The number of halogens is 2. The molecule has 0 aliphatic heterocycles. The lowest BCUT2D eigenvalue weighted by Gasteiger charge is -2.14. The van der Waals surface area contributed by atoms with E-state index in [1.54, 1.807) is 0 Å². The van der Waals surface area contributed by atoms with Crippen LogP contribution in [0.25, 0.3) is 0 Å². The molecule has 0 heterocycles. The van der Waals surface area contributed by atoms with Crippen molar-refractivity contribution in [2.45, 2.75) is 26.3 Å². The van der Waals surface area contributed by atoms with Gasteiger partial charge in [-0.25, -0.2) is 0 Å². The van der Waals surface area contributed by atoms with E-state index in [0.717, 1.165) is 22.0 Å². The van der Waals surface area contributed by atoms with Crippen molar-refractivity contribution in [1.29, 1.82) is 0 Å². The first-order valence-corrected chi connectivity index (χ1v) is 7.94. The van der Waals surface area contributed by atoms with Crippen molar-refractivity contribution in [2.75, 3.05) is 0 Å². The van der Waals surface area contributed by atoms with Crippen molar-refractivity contribution < 1.29 is 0 Å². The smallest absolute Gasteiger partial charge is 0.0552 e. The second kappa shape index (κ2) is 6.75. The van der Waals surface area contributed by atoms with Gasteiger partial charge in [-0.15, -0.1) is 0 Å². The molecule has 0 amide bonds. The summed E-state index contributed by atoms with van der Waals surface area (Å²) < 4.78 is 0.878. The maximum atomic E-state index is 6.32. The molecule has 106 valence electrons. The van der Waals surface area contributed by atoms with Crippen LogP contribution in [0.3, 0.4) is 0 Å². The minimum atomic E-state index is -0.128. The van der Waals surface area contributed by atoms with E-state index in [2.05, 4.69) is 54.0 Å². The second-order valence-corrected chi connectivity index (χ2v) is 6.75. The summed E-state index contributed by atoms with van der Waals surface area (Å²) in [5, 5.41) is 0.702. The molecule has 0 radical (unpaired) electrons. The number of rotatable bonds is 4. The molecule has 2 N–H and O–H groups in total. The molecule has 1 nitrogen and oxygen atoms in total. The van der Waals surface area contributed by atoms with Crippen LogP contribution >= 0.6 is 27.5 Å². The third-order valence-electron chi connectivity index (χ3n) is 3.29. The average molecular weight is 353 g/mol. The molecular weight excluding hydrogens is 334 g/mol. The fraction of sp³-hybridized carbons (Fsp3) is 0.294. The largest absolute Gasteiger partial charge is 0.320 e. The van der Waals surface area contributed by atoms with Gasteiger partial charge in [0.1, 0.15) is 0 Å². The van der Waals surface area contributed by atoms with E-state index in [-0.39, 0.29) is 6.04 Å². The molecule has 20 heavy (non-hydrogen) atoms. The van der Waals surface area contributed by atoms with Crippen molar-refractivity contribution in [3.8, 4) is 0 Å². The van der Waals surface area contributed by atoms with Crippen molar-refractivity contribution in [1.82, 2.24) is 0 Å². The molecule has 2 aromatic carbocycles. The van der Waals surface area contributed by atoms with Gasteiger partial charge in [-0.05, 0) is 57.1 Å². The molecule has 1 atom stereocenters. The van der Waals surface area contributed by atoms with Crippen molar-refractivity contribution >= 4 is 27.5 Å². The molecule has 0 aliphatic rings. The van der Waals surface area contributed by atoms with Crippen molar-refractivity contribution in [3.05, 3.63) is 68.7 Å². The van der Waals surface area contributed by atoms with Crippen molar-refractivity contribution in [2.24, 2.45) is 11.7 Å². The summed E-state index contributed by atoms with van der Waals surface area (Å²) in [4.78, 5) is 0. The van der Waals surface area contributed by atoms with E-state index < -0.39 is 0 Å². The molecular formula is C17H19BrClN. The quantitative estimate of drug-likeness (QED) is 0.788. The molecule has 0 aromatic heterocycles. The van der Waals surface area contributed by atoms with Gasteiger partial charge in [0.05, 0.1) is 11.1 Å². The first-order valence-electron chi connectivity index (χ1n) is 6.76. The molecule has 3 heteroatoms. The summed E-state index contributed by atoms with van der Waals surface area (Å²) in [5.74, 6) is 0.668. The van der Waals surface area contributed by atoms with Gasteiger partial charge >= 0.3 is 0 Å². The first kappa shape index (κ1) is 15.6. The highest BCUT2D eigenvalue weighted by Gasteiger charge is 2.10. The van der Waals surface area contributed by atoms with Gasteiger partial charge in [-0.2, -0.15) is 0 Å². The van der Waals surface area contributed by atoms with Crippen LogP contribution in [-0.2, 0) is 6.42 Å². The minimum Gasteiger partial charge on any atom is -0.320 e. The Kier molecular flexibility index (Phi) is 5.25. The van der Waals surface area contributed by atoms with Crippen LogP contribution in [0.4, 0.5) is 0 Å². The Balaban J connectivity index is 2.20. The Morgan fingerprint density at radius 3 is 2.20 bits per heavy atom. The van der Waals surface area contributed by atoms with Gasteiger partial charge in [-0.1, -0.05) is 55.8 Å². The van der Waals surface area contributed by atoms with Gasteiger partial charge in [-0.3, -0.25) is 0 Å². The SMILES string of the molecule is CC(C)Cc1ccc(C(N)c2ccc(Cl)c(Br)c2)cc1. The van der Waals surface area contributed by atoms with Crippen LogP contribution in [0.5, 0.6) is 0 Å². The predicted molar refractivity (Wildman–Crippen MR) is 90.2 cm³/mol. The van der Waals surface area contributed by atoms with E-state index in [0.29, 0.717) is 10.9 Å². The van der Waals surface area contributed by atoms with Crippen LogP contribution in [0.15, 0.2) is 46.9 Å². The maximum absolute atomic E-state index is 6.32. The molecule has 0 bridgehead atoms. The fourth-order valence-electron chi connectivity index (χ4n) is 2.23. The first-order chi connectivity index (χ1) is 9.47. The summed E-state index contributed by atoms with van der Waals surface area (Å²) in [7, 11) is 0. The second-order valence-electron chi connectivity index (χ2n) is 5.49. The van der Waals surface area contributed by atoms with Gasteiger partial charge < -0.3 is 5.73 Å². The van der Waals surface area contributed by atoms with E-state index in [1.165, 1.54) is 5.56 Å². The highest BCUT2D eigenvalue weighted by atomic mass is 79.9. The molecule has 0 aliphatic carbocycles. The number of hydrogen-bond donors (Lipinski definition) is 1. The standard InChI is InChI=1S/C17H19BrClN/c1-11(2)9-12-3-5-13(6-4-12)17(20)14-7-8-16(19)15(18)10-14/h3-8,10-11,17H,9,20H2,1-2H3. The van der Waals surface area contributed by atoms with Gasteiger partial charge in [0.25, 0.3) is 0 Å².